The molecule has 542 valence electrons. The van der Waals surface area contributed by atoms with Gasteiger partial charge in [-0.15, -0.1) is 101 Å². The summed E-state index contributed by atoms with van der Waals surface area (Å²) in [5.74, 6) is 0. The van der Waals surface area contributed by atoms with Crippen molar-refractivity contribution in [3.63, 3.8) is 0 Å². The van der Waals surface area contributed by atoms with Gasteiger partial charge < -0.3 is 23.6 Å². The molecule has 113 heavy (non-hydrogen) atoms. The van der Waals surface area contributed by atoms with Crippen LogP contribution in [-0.4, -0.2) is 33.2 Å². The Balaban J connectivity index is 0.000000132. The molecule has 0 aliphatic rings. The normalized spacial score (nSPS) is 10.5. The third kappa shape index (κ3) is 20.0. The maximum atomic E-state index is 5.14. The van der Waals surface area contributed by atoms with Gasteiger partial charge in [0.1, 0.15) is 4.60 Å². The second-order valence-electron chi connectivity index (χ2n) is 26.1. The molecule has 7 heterocycles. The van der Waals surface area contributed by atoms with E-state index in [9.17, 15) is 0 Å². The third-order valence-corrected chi connectivity index (χ3v) is 20.2. The van der Waals surface area contributed by atoms with Gasteiger partial charge in [-0.1, -0.05) is 247 Å². The van der Waals surface area contributed by atoms with Crippen molar-refractivity contribution in [1.82, 2.24) is 33.2 Å². The van der Waals surface area contributed by atoms with Gasteiger partial charge in [0, 0.05) is 47.7 Å². The first-order chi connectivity index (χ1) is 54.4. The van der Waals surface area contributed by atoms with E-state index in [2.05, 4.69) is 307 Å². The van der Waals surface area contributed by atoms with Gasteiger partial charge in [0.15, 0.2) is 0 Å². The summed E-state index contributed by atoms with van der Waals surface area (Å²) in [4.78, 5) is 14.4. The number of para-hydroxylation sites is 11. The van der Waals surface area contributed by atoms with Crippen LogP contribution in [0.3, 0.4) is 0 Å². The third-order valence-electron chi connectivity index (χ3n) is 18.5. The van der Waals surface area contributed by atoms with E-state index < -0.39 is 0 Å². The molecule has 0 amide bonds. The fraction of sp³-hybridized carbons (Fsp3) is 0.0300. The first-order valence-electron chi connectivity index (χ1n) is 36.3. The van der Waals surface area contributed by atoms with E-state index in [1.165, 1.54) is 32.7 Å². The van der Waals surface area contributed by atoms with Crippen molar-refractivity contribution in [2.45, 2.75) is 13.8 Å². The molecule has 0 atom stereocenters. The summed E-state index contributed by atoms with van der Waals surface area (Å²) in [7, 11) is 2.00. The average Bonchev–Trinajstić information content (AvgIpc) is 1.64. The molecule has 0 aliphatic carbocycles. The number of pyridine rings is 3. The van der Waals surface area contributed by atoms with Crippen LogP contribution >= 0.6 is 47.8 Å². The van der Waals surface area contributed by atoms with Crippen LogP contribution in [0, 0.1) is 46.2 Å². The second-order valence-corrected chi connectivity index (χ2v) is 28.7. The Bertz CT molecular complexity index is 6430. The van der Waals surface area contributed by atoms with Crippen LogP contribution in [0.15, 0.2) is 390 Å². The molecule has 8 nitrogen and oxygen atoms in total. The summed E-state index contributed by atoms with van der Waals surface area (Å²) in [6.45, 7) is 11.6. The van der Waals surface area contributed by atoms with Gasteiger partial charge in [-0.2, -0.15) is 60.7 Å². The summed E-state index contributed by atoms with van der Waals surface area (Å²) in [6, 6.07) is 131. The van der Waals surface area contributed by atoms with Gasteiger partial charge >= 0.3 is 45.7 Å². The Morgan fingerprint density at radius 1 is 0.354 bits per heavy atom. The largest absolute Gasteiger partial charge is 4.00 e. The molecule has 0 saturated carbocycles. The Morgan fingerprint density at radius 3 is 1.35 bits per heavy atom. The molecular formula is C100H75Br3N8ZnZr. The van der Waals surface area contributed by atoms with E-state index in [1.54, 1.807) is 0 Å². The van der Waals surface area contributed by atoms with Crippen LogP contribution in [0.1, 0.15) is 22.3 Å². The Hall–Kier alpha value is -11.3. The molecule has 0 unspecified atom stereocenters. The van der Waals surface area contributed by atoms with Crippen LogP contribution < -0.4 is 0 Å². The predicted octanol–water partition coefficient (Wildman–Crippen LogP) is 28.1. The number of benzene rings is 13. The van der Waals surface area contributed by atoms with Crippen molar-refractivity contribution in [2.24, 2.45) is 7.05 Å². The maximum absolute atomic E-state index is 5.14. The zero-order chi connectivity index (χ0) is 76.4. The van der Waals surface area contributed by atoms with Crippen molar-refractivity contribution in [3.8, 4) is 39.8 Å². The van der Waals surface area contributed by atoms with Gasteiger partial charge in [-0.3, -0.25) is 4.98 Å². The minimum atomic E-state index is 0. The van der Waals surface area contributed by atoms with Gasteiger partial charge in [-0.05, 0) is 152 Å². The molecule has 0 spiro atoms. The number of nitrogens with zero attached hydrogens (tertiary/aromatic N) is 8. The number of aryl methyl sites for hydroxylation is 3. The average molecular weight is 1790 g/mol. The van der Waals surface area contributed by atoms with Crippen LogP contribution in [0.4, 0.5) is 11.4 Å². The van der Waals surface area contributed by atoms with Crippen molar-refractivity contribution in [1.29, 1.82) is 0 Å². The van der Waals surface area contributed by atoms with E-state index in [4.69, 9.17) is 15.3 Å². The molecule has 20 rings (SSSR count). The van der Waals surface area contributed by atoms with Crippen LogP contribution in [0.5, 0.6) is 0 Å². The van der Waals surface area contributed by atoms with E-state index in [0.717, 1.165) is 131 Å². The number of halogens is 3. The van der Waals surface area contributed by atoms with Gasteiger partial charge in [0.25, 0.3) is 0 Å². The zero-order valence-corrected chi connectivity index (χ0v) is 72.8. The summed E-state index contributed by atoms with van der Waals surface area (Å²) in [5.41, 5.74) is 21.2. The van der Waals surface area contributed by atoms with Crippen LogP contribution in [0.25, 0.3) is 121 Å². The van der Waals surface area contributed by atoms with E-state index in [1.807, 2.05) is 194 Å². The molecule has 0 bridgehead atoms. The molecular weight excluding hydrogens is 1710 g/mol. The predicted molar refractivity (Wildman–Crippen MR) is 476 cm³/mol. The number of rotatable bonds is 7. The number of aromatic nitrogens is 7. The van der Waals surface area contributed by atoms with Gasteiger partial charge in [0.2, 0.25) is 0 Å². The first kappa shape index (κ1) is 81.2. The summed E-state index contributed by atoms with van der Waals surface area (Å²) in [5, 5.41) is 13.1. The molecule has 20 aromatic rings. The minimum absolute atomic E-state index is 0. The Morgan fingerprint density at radius 2 is 0.779 bits per heavy atom. The van der Waals surface area contributed by atoms with Crippen molar-refractivity contribution >= 4 is 135 Å². The first-order valence-corrected chi connectivity index (χ1v) is 38.7. The van der Waals surface area contributed by atoms with Crippen LogP contribution in [0.2, 0.25) is 0 Å². The standard InChI is InChI=1S/C31H23N3.C23H15BrN2.C14H10N.C9H5Br2N.C9H8N.2C7H7.Zn.Zr/c1-21-10-8-11-22(2)30(21)33-27-16-9-13-23-18-19-26(32-31(23)27)29-20-24-12-6-7-17-28(24)34(29)25-14-4-3-5-15-25;24-19-11-6-8-16-13-14-20(25-23(16)19)22-15-17-7-4-5-12-21(17)26(22)18-9-2-1-3-10-18;1-2-7-13(8-3-1)15-11-10-12-6-4-5-9-14(12)15;10-7-3-1-2-6-4-5-8(11)12-9(6)7;1-10-7-6-8-4-2-3-5-9(8)10;2*1-7-5-3-2-4-6-7;;/h3-19H,1-2H3;1-15H;1-10H;1-5H;2-6H,1H3;2*2-6H,1H2;;/q-2;;-1;;3*-1;+2;+4. The minimum Gasteiger partial charge on any atom is -0.656 e. The molecule has 7 aromatic heterocycles. The fourth-order valence-electron chi connectivity index (χ4n) is 13.0. The Kier molecular flexibility index (Phi) is 28.2. The molecule has 0 N–H and O–H groups in total. The van der Waals surface area contributed by atoms with Gasteiger partial charge in [-0.25, -0.2) is 9.97 Å². The maximum Gasteiger partial charge on any atom is 4.00 e. The SMILES string of the molecule is Brc1ccc2cccc(Br)c2n1.Brc1cccc2ccc(-c3cc4ccccc4n3-c3ccccc3)nc12.Cc1cccc(C)c1[N-]c1cccc2ccc(-c3[c-]c4ccccc4n3-c3ccccc3)nc12.Cn1[c-]cc2ccccc21.[CH2-]c1ccccc1.[CH2-]c1ccccc1.[Zn+2].[Zr+4].[c-]1cc2ccccc2n1-c1ccccc1. The topological polar surface area (TPSA) is 72.5 Å². The number of hydrogen-bond donors (Lipinski definition) is 0. The molecule has 0 fully saturated rings. The van der Waals surface area contributed by atoms with E-state index >= 15 is 0 Å². The van der Waals surface area contributed by atoms with Crippen molar-refractivity contribution in [3.05, 3.63) is 450 Å². The smallest absolute Gasteiger partial charge is 0.656 e. The van der Waals surface area contributed by atoms with Gasteiger partial charge in [0.05, 0.1) is 27.9 Å². The number of hydrogen-bond acceptors (Lipinski definition) is 3. The monoisotopic (exact) mass is 1780 g/mol. The summed E-state index contributed by atoms with van der Waals surface area (Å²) < 4.78 is 11.5. The van der Waals surface area contributed by atoms with E-state index in [-0.39, 0.29) is 45.7 Å². The second kappa shape index (κ2) is 39.3. The zero-order valence-electron chi connectivity index (χ0n) is 62.6. The summed E-state index contributed by atoms with van der Waals surface area (Å²) >= 11 is 10.4. The van der Waals surface area contributed by atoms with E-state index in [0.29, 0.717) is 0 Å². The number of fused-ring (bicyclic) bond motifs is 7. The van der Waals surface area contributed by atoms with Crippen molar-refractivity contribution in [2.75, 3.05) is 0 Å². The molecule has 0 radical (unpaired) electrons. The van der Waals surface area contributed by atoms with Crippen LogP contribution in [-0.2, 0) is 52.7 Å². The quantitative estimate of drug-likeness (QED) is 0.0907. The molecule has 13 aromatic carbocycles. The molecule has 0 saturated heterocycles. The Labute approximate surface area is 717 Å². The molecule has 13 heteroatoms. The molecule has 0 aliphatic heterocycles. The van der Waals surface area contributed by atoms with Crippen molar-refractivity contribution < 1.29 is 45.7 Å². The summed E-state index contributed by atoms with van der Waals surface area (Å²) in [6.07, 6.45) is 6.34. The fourth-order valence-corrected chi connectivity index (χ4v) is 14.3.